The summed E-state index contributed by atoms with van der Waals surface area (Å²) in [4.78, 5) is 13.9. The van der Waals surface area contributed by atoms with Gasteiger partial charge >= 0.3 is 6.18 Å². The number of hydrogen-bond acceptors (Lipinski definition) is 2. The maximum atomic E-state index is 12.5. The minimum Gasteiger partial charge on any atom is -0.381 e. The third-order valence-electron chi connectivity index (χ3n) is 4.12. The Kier molecular flexibility index (Phi) is 4.80. The van der Waals surface area contributed by atoms with Crippen LogP contribution in [-0.2, 0) is 10.9 Å². The Morgan fingerprint density at radius 3 is 2.27 bits per heavy atom. The number of ether oxygens (including phenoxy) is 1. The number of rotatable bonds is 3. The van der Waals surface area contributed by atoms with Crippen LogP contribution in [0.25, 0.3) is 0 Å². The van der Waals surface area contributed by atoms with Gasteiger partial charge in [-0.3, -0.25) is 4.79 Å². The van der Waals surface area contributed by atoms with Gasteiger partial charge in [-0.2, -0.15) is 13.2 Å². The van der Waals surface area contributed by atoms with Gasteiger partial charge in [0.2, 0.25) is 0 Å². The Balaban J connectivity index is 2.04. The van der Waals surface area contributed by atoms with Crippen LogP contribution in [0.2, 0.25) is 0 Å². The van der Waals surface area contributed by atoms with Crippen LogP contribution in [0.15, 0.2) is 24.3 Å². The molecule has 0 saturated carbocycles. The highest BCUT2D eigenvalue weighted by molar-refractivity contribution is 5.94. The summed E-state index contributed by atoms with van der Waals surface area (Å²) in [6.07, 6.45) is -2.64. The summed E-state index contributed by atoms with van der Waals surface area (Å²) in [6.45, 7) is 4.03. The maximum Gasteiger partial charge on any atom is 0.416 e. The molecule has 0 atom stereocenters. The molecule has 6 heteroatoms. The molecular weight excluding hydrogens is 295 g/mol. The monoisotopic (exact) mass is 315 g/mol. The predicted molar refractivity (Wildman–Crippen MR) is 76.6 cm³/mol. The van der Waals surface area contributed by atoms with Crippen LogP contribution >= 0.6 is 0 Å². The zero-order valence-corrected chi connectivity index (χ0v) is 12.7. The van der Waals surface area contributed by atoms with E-state index in [9.17, 15) is 18.0 Å². The van der Waals surface area contributed by atoms with Crippen LogP contribution in [0.5, 0.6) is 0 Å². The molecule has 1 fully saturated rings. The predicted octanol–water partition coefficient (Wildman–Crippen LogP) is 3.59. The molecule has 1 aromatic carbocycles. The molecule has 0 unspecified atom stereocenters. The number of carbonyl (C=O) groups is 1. The van der Waals surface area contributed by atoms with Gasteiger partial charge in [0.15, 0.2) is 0 Å². The third kappa shape index (κ3) is 4.00. The maximum absolute atomic E-state index is 12.5. The van der Waals surface area contributed by atoms with Crippen LogP contribution in [0.4, 0.5) is 13.2 Å². The molecule has 1 aliphatic heterocycles. The highest BCUT2D eigenvalue weighted by Crippen LogP contribution is 2.31. The van der Waals surface area contributed by atoms with Crippen molar-refractivity contribution in [1.29, 1.82) is 0 Å². The highest BCUT2D eigenvalue weighted by atomic mass is 19.4. The molecule has 3 nitrogen and oxygen atoms in total. The second kappa shape index (κ2) is 6.28. The normalized spacial score (nSPS) is 18.0. The Hall–Kier alpha value is -1.56. The van der Waals surface area contributed by atoms with Crippen molar-refractivity contribution in [2.45, 2.75) is 25.9 Å². The Morgan fingerprint density at radius 2 is 1.77 bits per heavy atom. The smallest absolute Gasteiger partial charge is 0.381 e. The molecule has 0 bridgehead atoms. The Morgan fingerprint density at radius 1 is 1.23 bits per heavy atom. The topological polar surface area (TPSA) is 29.5 Å². The molecule has 0 aromatic heterocycles. The van der Waals surface area contributed by atoms with Crippen molar-refractivity contribution < 1.29 is 22.7 Å². The van der Waals surface area contributed by atoms with Gasteiger partial charge in [-0.1, -0.05) is 6.92 Å². The molecule has 0 spiro atoms. The van der Waals surface area contributed by atoms with E-state index < -0.39 is 11.7 Å². The van der Waals surface area contributed by atoms with Crippen molar-refractivity contribution in [1.82, 2.24) is 4.90 Å². The molecule has 22 heavy (non-hydrogen) atoms. The number of amides is 1. The van der Waals surface area contributed by atoms with E-state index in [0.717, 1.165) is 25.0 Å². The van der Waals surface area contributed by atoms with Crippen molar-refractivity contribution in [3.8, 4) is 0 Å². The van der Waals surface area contributed by atoms with E-state index in [1.54, 1.807) is 11.9 Å². The number of hydrogen-bond donors (Lipinski definition) is 0. The number of alkyl halides is 3. The lowest BCUT2D eigenvalue weighted by molar-refractivity contribution is -0.137. The largest absolute Gasteiger partial charge is 0.416 e. The van der Waals surface area contributed by atoms with Crippen LogP contribution in [0.1, 0.15) is 35.7 Å². The number of carbonyl (C=O) groups excluding carboxylic acids is 1. The second-order valence-corrected chi connectivity index (χ2v) is 6.16. The zero-order chi connectivity index (χ0) is 16.4. The summed E-state index contributed by atoms with van der Waals surface area (Å²) >= 11 is 0. The van der Waals surface area contributed by atoms with Crippen molar-refractivity contribution in [2.75, 3.05) is 26.8 Å². The molecule has 122 valence electrons. The van der Waals surface area contributed by atoms with E-state index in [1.165, 1.54) is 12.1 Å². The molecule has 0 N–H and O–H groups in total. The molecule has 1 amide bonds. The molecule has 0 aliphatic carbocycles. The summed E-state index contributed by atoms with van der Waals surface area (Å²) in [7, 11) is 1.68. The minimum atomic E-state index is -4.39. The van der Waals surface area contributed by atoms with Gasteiger partial charge in [-0.15, -0.1) is 0 Å². The fourth-order valence-electron chi connectivity index (χ4n) is 2.69. The van der Waals surface area contributed by atoms with E-state index in [2.05, 4.69) is 6.92 Å². The second-order valence-electron chi connectivity index (χ2n) is 6.16. The van der Waals surface area contributed by atoms with Crippen LogP contribution in [-0.4, -0.2) is 37.6 Å². The summed E-state index contributed by atoms with van der Waals surface area (Å²) < 4.78 is 42.9. The first-order valence-corrected chi connectivity index (χ1v) is 7.22. The van der Waals surface area contributed by atoms with Crippen molar-refractivity contribution in [2.24, 2.45) is 5.41 Å². The fourth-order valence-corrected chi connectivity index (χ4v) is 2.69. The minimum absolute atomic E-state index is 0.00539. The van der Waals surface area contributed by atoms with E-state index in [1.807, 2.05) is 0 Å². The summed E-state index contributed by atoms with van der Waals surface area (Å²) in [5.74, 6) is -0.263. The Bertz CT molecular complexity index is 519. The Labute approximate surface area is 128 Å². The first kappa shape index (κ1) is 16.8. The van der Waals surface area contributed by atoms with Crippen LogP contribution in [0, 0.1) is 5.41 Å². The van der Waals surface area contributed by atoms with E-state index in [0.29, 0.717) is 19.8 Å². The van der Waals surface area contributed by atoms with Gasteiger partial charge in [-0.05, 0) is 42.5 Å². The molecule has 1 heterocycles. The van der Waals surface area contributed by atoms with Gasteiger partial charge in [0, 0.05) is 32.4 Å². The molecule has 1 aliphatic rings. The summed E-state index contributed by atoms with van der Waals surface area (Å²) in [5, 5.41) is 0. The van der Waals surface area contributed by atoms with Crippen molar-refractivity contribution >= 4 is 5.91 Å². The van der Waals surface area contributed by atoms with Crippen LogP contribution in [0.3, 0.4) is 0 Å². The van der Waals surface area contributed by atoms with Gasteiger partial charge in [0.25, 0.3) is 5.91 Å². The van der Waals surface area contributed by atoms with E-state index in [-0.39, 0.29) is 16.9 Å². The number of nitrogens with zero attached hydrogens (tertiary/aromatic N) is 1. The van der Waals surface area contributed by atoms with E-state index >= 15 is 0 Å². The standard InChI is InChI=1S/C16H20F3NO2/c1-15(7-9-22-10-8-15)11-20(2)14(21)12-3-5-13(6-4-12)16(17,18)19/h3-6H,7-11H2,1-2H3. The first-order valence-electron chi connectivity index (χ1n) is 7.22. The van der Waals surface area contributed by atoms with Crippen LogP contribution < -0.4 is 0 Å². The highest BCUT2D eigenvalue weighted by Gasteiger charge is 2.32. The van der Waals surface area contributed by atoms with Crippen molar-refractivity contribution in [3.05, 3.63) is 35.4 Å². The van der Waals surface area contributed by atoms with E-state index in [4.69, 9.17) is 4.74 Å². The fraction of sp³-hybridized carbons (Fsp3) is 0.562. The summed E-state index contributed by atoms with van der Waals surface area (Å²) in [6, 6.07) is 4.34. The zero-order valence-electron chi connectivity index (χ0n) is 12.7. The first-order chi connectivity index (χ1) is 10.2. The lowest BCUT2D eigenvalue weighted by Crippen LogP contribution is -2.40. The van der Waals surface area contributed by atoms with Crippen molar-refractivity contribution in [3.63, 3.8) is 0 Å². The quantitative estimate of drug-likeness (QED) is 0.853. The van der Waals surface area contributed by atoms with Gasteiger partial charge in [0.05, 0.1) is 5.56 Å². The average molecular weight is 315 g/mol. The molecular formula is C16H20F3NO2. The van der Waals surface area contributed by atoms with Gasteiger partial charge in [0.1, 0.15) is 0 Å². The van der Waals surface area contributed by atoms with Gasteiger partial charge < -0.3 is 9.64 Å². The number of benzene rings is 1. The average Bonchev–Trinajstić information content (AvgIpc) is 2.46. The molecule has 0 radical (unpaired) electrons. The molecule has 1 saturated heterocycles. The van der Waals surface area contributed by atoms with Gasteiger partial charge in [-0.25, -0.2) is 0 Å². The molecule has 2 rings (SSSR count). The lowest BCUT2D eigenvalue weighted by Gasteiger charge is -2.36. The summed E-state index contributed by atoms with van der Waals surface area (Å²) in [5.41, 5.74) is -0.483. The third-order valence-corrected chi connectivity index (χ3v) is 4.12. The lowest BCUT2D eigenvalue weighted by atomic mass is 9.82. The molecule has 1 aromatic rings. The number of halogens is 3. The SMILES string of the molecule is CN(CC1(C)CCOCC1)C(=O)c1ccc(C(F)(F)F)cc1.